The molecule has 1 heterocycles. The van der Waals surface area contributed by atoms with Crippen LogP contribution in [0.3, 0.4) is 0 Å². The molecular weight excluding hydrogens is 234 g/mol. The van der Waals surface area contributed by atoms with Crippen LogP contribution in [-0.2, 0) is 0 Å². The number of rotatable bonds is 8. The van der Waals surface area contributed by atoms with Crippen molar-refractivity contribution in [1.29, 1.82) is 0 Å². The Bertz CT molecular complexity index is 397. The van der Waals surface area contributed by atoms with Gasteiger partial charge in [-0.05, 0) is 6.42 Å². The van der Waals surface area contributed by atoms with Gasteiger partial charge < -0.3 is 10.6 Å². The van der Waals surface area contributed by atoms with Gasteiger partial charge in [0.05, 0.1) is 4.92 Å². The summed E-state index contributed by atoms with van der Waals surface area (Å²) in [5.41, 5.74) is -0.0931. The van der Waals surface area contributed by atoms with Crippen LogP contribution >= 0.6 is 0 Å². The molecule has 0 aliphatic carbocycles. The minimum absolute atomic E-state index is 0.0931. The van der Waals surface area contributed by atoms with Crippen molar-refractivity contribution in [2.24, 2.45) is 0 Å². The molecule has 0 unspecified atom stereocenters. The van der Waals surface area contributed by atoms with E-state index in [0.717, 1.165) is 19.3 Å². The van der Waals surface area contributed by atoms with Gasteiger partial charge in [0.15, 0.2) is 0 Å². The van der Waals surface area contributed by atoms with E-state index in [-0.39, 0.29) is 11.5 Å². The fourth-order valence-corrected chi connectivity index (χ4v) is 1.52. The third-order valence-electron chi connectivity index (χ3n) is 2.51. The van der Waals surface area contributed by atoms with Crippen LogP contribution in [0.5, 0.6) is 0 Å². The van der Waals surface area contributed by atoms with E-state index < -0.39 is 4.92 Å². The molecule has 0 spiro atoms. The van der Waals surface area contributed by atoms with E-state index in [1.165, 1.54) is 12.6 Å². The van der Waals surface area contributed by atoms with Gasteiger partial charge in [-0.15, -0.1) is 0 Å². The van der Waals surface area contributed by atoms with Gasteiger partial charge in [0.25, 0.3) is 0 Å². The number of aromatic nitrogens is 2. The lowest BCUT2D eigenvalue weighted by Crippen LogP contribution is -2.08. The second-order valence-electron chi connectivity index (χ2n) is 3.92. The highest BCUT2D eigenvalue weighted by atomic mass is 16.6. The van der Waals surface area contributed by atoms with Gasteiger partial charge in [-0.1, -0.05) is 26.2 Å². The lowest BCUT2D eigenvalue weighted by Gasteiger charge is -2.07. The van der Waals surface area contributed by atoms with E-state index in [2.05, 4.69) is 27.5 Å². The van der Waals surface area contributed by atoms with Crippen molar-refractivity contribution in [3.05, 3.63) is 16.3 Å². The number of nitrogens with zero attached hydrogens (tertiary/aromatic N) is 3. The predicted octanol–water partition coefficient (Wildman–Crippen LogP) is 2.42. The van der Waals surface area contributed by atoms with E-state index in [1.807, 2.05) is 0 Å². The molecule has 0 amide bonds. The van der Waals surface area contributed by atoms with Gasteiger partial charge in [-0.25, -0.2) is 4.98 Å². The molecule has 18 heavy (non-hydrogen) atoms. The highest BCUT2D eigenvalue weighted by Gasteiger charge is 2.16. The number of nitro groups is 1. The fourth-order valence-electron chi connectivity index (χ4n) is 1.52. The van der Waals surface area contributed by atoms with Crippen molar-refractivity contribution in [3.8, 4) is 0 Å². The van der Waals surface area contributed by atoms with Crippen molar-refractivity contribution >= 4 is 17.5 Å². The number of unbranched alkanes of at least 4 members (excludes halogenated alkanes) is 3. The molecule has 1 aromatic rings. The average molecular weight is 253 g/mol. The van der Waals surface area contributed by atoms with Crippen LogP contribution in [0.4, 0.5) is 17.5 Å². The molecule has 0 aliphatic rings. The van der Waals surface area contributed by atoms with E-state index in [9.17, 15) is 10.1 Å². The maximum atomic E-state index is 10.8. The summed E-state index contributed by atoms with van der Waals surface area (Å²) in [6.07, 6.45) is 5.64. The summed E-state index contributed by atoms with van der Waals surface area (Å²) in [5.74, 6) is 0.646. The lowest BCUT2D eigenvalue weighted by atomic mass is 10.2. The zero-order valence-electron chi connectivity index (χ0n) is 10.8. The Morgan fingerprint density at radius 3 is 2.78 bits per heavy atom. The molecule has 0 fully saturated rings. The van der Waals surface area contributed by atoms with Crippen molar-refractivity contribution in [3.63, 3.8) is 0 Å². The van der Waals surface area contributed by atoms with Crippen LogP contribution in [0.15, 0.2) is 6.20 Å². The van der Waals surface area contributed by atoms with Crippen LogP contribution in [0.1, 0.15) is 32.6 Å². The van der Waals surface area contributed by atoms with Crippen LogP contribution in [0.2, 0.25) is 0 Å². The van der Waals surface area contributed by atoms with Gasteiger partial charge in [-0.2, -0.15) is 4.98 Å². The number of hydrogen-bond acceptors (Lipinski definition) is 6. The normalized spacial score (nSPS) is 10.1. The SMILES string of the molecule is CCCCCCNc1nc(NC)ncc1[N+](=O)[O-]. The molecule has 0 saturated heterocycles. The molecular formula is C11H19N5O2. The molecule has 0 saturated carbocycles. The summed E-state index contributed by atoms with van der Waals surface area (Å²) in [6, 6.07) is 0. The molecule has 0 aliphatic heterocycles. The van der Waals surface area contributed by atoms with Crippen LogP contribution < -0.4 is 10.6 Å². The molecule has 7 nitrogen and oxygen atoms in total. The summed E-state index contributed by atoms with van der Waals surface area (Å²) in [6.45, 7) is 2.82. The van der Waals surface area contributed by atoms with Crippen molar-refractivity contribution in [2.75, 3.05) is 24.2 Å². The Kier molecular flexibility index (Phi) is 5.83. The maximum Gasteiger partial charge on any atom is 0.329 e. The summed E-state index contributed by atoms with van der Waals surface area (Å²) in [4.78, 5) is 18.2. The third-order valence-corrected chi connectivity index (χ3v) is 2.51. The van der Waals surface area contributed by atoms with Gasteiger partial charge in [0.2, 0.25) is 11.8 Å². The Labute approximate surface area is 106 Å². The first-order chi connectivity index (χ1) is 8.69. The van der Waals surface area contributed by atoms with E-state index in [4.69, 9.17) is 0 Å². The molecule has 0 radical (unpaired) electrons. The number of anilines is 2. The van der Waals surface area contributed by atoms with Gasteiger partial charge >= 0.3 is 5.69 Å². The topological polar surface area (TPSA) is 93.0 Å². The largest absolute Gasteiger partial charge is 0.364 e. The summed E-state index contributed by atoms with van der Waals surface area (Å²) in [5, 5.41) is 16.6. The van der Waals surface area contributed by atoms with Crippen molar-refractivity contribution in [1.82, 2.24) is 9.97 Å². The minimum atomic E-state index is -0.478. The molecule has 1 rings (SSSR count). The molecule has 0 aromatic carbocycles. The predicted molar refractivity (Wildman–Crippen MR) is 70.9 cm³/mol. The standard InChI is InChI=1S/C11H19N5O2/c1-3-4-5-6-7-13-10-9(16(17)18)8-14-11(12-2)15-10/h8H,3-7H2,1-2H3,(H2,12,13,14,15). The average Bonchev–Trinajstić information content (AvgIpc) is 2.38. The first kappa shape index (κ1) is 14.1. The van der Waals surface area contributed by atoms with E-state index in [1.54, 1.807) is 7.05 Å². The van der Waals surface area contributed by atoms with Crippen molar-refractivity contribution in [2.45, 2.75) is 32.6 Å². The smallest absolute Gasteiger partial charge is 0.329 e. The number of nitrogens with one attached hydrogen (secondary N) is 2. The highest BCUT2D eigenvalue weighted by molar-refractivity contribution is 5.56. The van der Waals surface area contributed by atoms with Crippen LogP contribution in [-0.4, -0.2) is 28.5 Å². The Morgan fingerprint density at radius 1 is 1.39 bits per heavy atom. The summed E-state index contributed by atoms with van der Waals surface area (Å²) >= 11 is 0. The zero-order valence-corrected chi connectivity index (χ0v) is 10.8. The number of hydrogen-bond donors (Lipinski definition) is 2. The monoisotopic (exact) mass is 253 g/mol. The fraction of sp³-hybridized carbons (Fsp3) is 0.636. The Hall–Kier alpha value is -1.92. The zero-order chi connectivity index (χ0) is 13.4. The molecule has 2 N–H and O–H groups in total. The Morgan fingerprint density at radius 2 is 2.17 bits per heavy atom. The molecule has 0 bridgehead atoms. The molecule has 0 atom stereocenters. The van der Waals surface area contributed by atoms with E-state index in [0.29, 0.717) is 12.5 Å². The quantitative estimate of drug-likeness (QED) is 0.420. The second-order valence-corrected chi connectivity index (χ2v) is 3.92. The van der Waals surface area contributed by atoms with Gasteiger partial charge in [0, 0.05) is 13.6 Å². The summed E-state index contributed by atoms with van der Waals surface area (Å²) < 4.78 is 0. The summed E-state index contributed by atoms with van der Waals surface area (Å²) in [7, 11) is 1.67. The second kappa shape index (κ2) is 7.41. The first-order valence-corrected chi connectivity index (χ1v) is 6.12. The van der Waals surface area contributed by atoms with Crippen LogP contribution in [0, 0.1) is 10.1 Å². The molecule has 1 aromatic heterocycles. The van der Waals surface area contributed by atoms with Gasteiger partial charge in [-0.3, -0.25) is 10.1 Å². The van der Waals surface area contributed by atoms with Crippen molar-refractivity contribution < 1.29 is 4.92 Å². The maximum absolute atomic E-state index is 10.8. The van der Waals surface area contributed by atoms with Crippen LogP contribution in [0.25, 0.3) is 0 Å². The van der Waals surface area contributed by atoms with Gasteiger partial charge in [0.1, 0.15) is 6.20 Å². The third kappa shape index (κ3) is 4.15. The molecule has 100 valence electrons. The van der Waals surface area contributed by atoms with E-state index >= 15 is 0 Å². The highest BCUT2D eigenvalue weighted by Crippen LogP contribution is 2.21. The first-order valence-electron chi connectivity index (χ1n) is 6.12. The molecule has 7 heteroatoms. The lowest BCUT2D eigenvalue weighted by molar-refractivity contribution is -0.384. The Balaban J connectivity index is 2.63. The minimum Gasteiger partial charge on any atom is -0.364 e.